The Labute approximate surface area is 187 Å². The van der Waals surface area contributed by atoms with Crippen LogP contribution in [-0.4, -0.2) is 71.4 Å². The molecule has 8 heteroatoms. The Morgan fingerprint density at radius 2 is 1.84 bits per heavy atom. The summed E-state index contributed by atoms with van der Waals surface area (Å²) in [6, 6.07) is -1.64. The van der Waals surface area contributed by atoms with Crippen molar-refractivity contribution in [2.75, 3.05) is 13.6 Å². The van der Waals surface area contributed by atoms with Crippen molar-refractivity contribution in [3.8, 4) is 0 Å². The largest absolute Gasteiger partial charge is 0.444 e. The molecular formula is C23H42N4O4. The number of amides is 2. The zero-order valence-corrected chi connectivity index (χ0v) is 20.7. The van der Waals surface area contributed by atoms with E-state index in [1.165, 1.54) is 4.90 Å². The van der Waals surface area contributed by atoms with E-state index in [-0.39, 0.29) is 18.0 Å². The third kappa shape index (κ3) is 7.52. The Morgan fingerprint density at radius 3 is 2.29 bits per heavy atom. The van der Waals surface area contributed by atoms with E-state index in [0.29, 0.717) is 13.0 Å². The first kappa shape index (κ1) is 26.9. The lowest BCUT2D eigenvalue weighted by atomic mass is 9.85. The SMILES string of the molecule is CC/C=C(\NC(C(=O)N1CC(N)CC1C=O)C(C)(C)C)[C@H](C)N(C)C(=O)OC(C)(C)C. The predicted molar refractivity (Wildman–Crippen MR) is 122 cm³/mol. The molecule has 0 aromatic heterocycles. The molecule has 0 aliphatic carbocycles. The topological polar surface area (TPSA) is 105 Å². The minimum atomic E-state index is -0.602. The highest BCUT2D eigenvalue weighted by Crippen LogP contribution is 2.27. The monoisotopic (exact) mass is 438 g/mol. The molecule has 31 heavy (non-hydrogen) atoms. The standard InChI is InChI=1S/C23H42N4O4/c1-10-11-18(15(2)26(9)21(30)31-23(6,7)8)25-19(22(3,4)5)20(29)27-13-16(24)12-17(27)14-28/h11,14-17,19,25H,10,12-13,24H2,1-9H3/b18-11-/t15-,16?,17?,19?/m0/s1. The molecule has 0 radical (unpaired) electrons. The lowest BCUT2D eigenvalue weighted by molar-refractivity contribution is -0.138. The van der Waals surface area contributed by atoms with Crippen LogP contribution >= 0.6 is 0 Å². The molecule has 0 spiro atoms. The van der Waals surface area contributed by atoms with Crippen molar-refractivity contribution in [2.24, 2.45) is 11.1 Å². The van der Waals surface area contributed by atoms with Crippen molar-refractivity contribution in [2.45, 2.75) is 98.0 Å². The summed E-state index contributed by atoms with van der Waals surface area (Å²) in [4.78, 5) is 40.7. The summed E-state index contributed by atoms with van der Waals surface area (Å²) < 4.78 is 5.49. The molecule has 178 valence electrons. The molecule has 2 amide bonds. The van der Waals surface area contributed by atoms with Crippen molar-refractivity contribution in [3.63, 3.8) is 0 Å². The van der Waals surface area contributed by atoms with Crippen molar-refractivity contribution >= 4 is 18.3 Å². The van der Waals surface area contributed by atoms with Gasteiger partial charge in [0.2, 0.25) is 5.91 Å². The Hall–Kier alpha value is -2.09. The Balaban J connectivity index is 3.14. The summed E-state index contributed by atoms with van der Waals surface area (Å²) in [5.41, 5.74) is 5.74. The van der Waals surface area contributed by atoms with Crippen LogP contribution in [0.5, 0.6) is 0 Å². The number of likely N-dealkylation sites (tertiary alicyclic amines) is 1. The maximum Gasteiger partial charge on any atom is 0.410 e. The quantitative estimate of drug-likeness (QED) is 0.592. The van der Waals surface area contributed by atoms with Crippen molar-refractivity contribution in [1.82, 2.24) is 15.1 Å². The van der Waals surface area contributed by atoms with Crippen LogP contribution in [0, 0.1) is 5.41 Å². The average molecular weight is 439 g/mol. The molecule has 3 unspecified atom stereocenters. The third-order valence-corrected chi connectivity index (χ3v) is 5.38. The minimum Gasteiger partial charge on any atom is -0.444 e. The summed E-state index contributed by atoms with van der Waals surface area (Å²) in [5, 5.41) is 3.39. The van der Waals surface area contributed by atoms with E-state index < -0.39 is 29.2 Å². The number of allylic oxidation sites excluding steroid dienone is 1. The number of likely N-dealkylation sites (N-methyl/N-ethyl adjacent to an activating group) is 1. The fraction of sp³-hybridized carbons (Fsp3) is 0.783. The normalized spacial score (nSPS) is 22.0. The van der Waals surface area contributed by atoms with Crippen LogP contribution in [0.25, 0.3) is 0 Å². The van der Waals surface area contributed by atoms with Gasteiger partial charge in [-0.1, -0.05) is 33.8 Å². The number of hydrogen-bond acceptors (Lipinski definition) is 6. The number of nitrogens with one attached hydrogen (secondary N) is 1. The van der Waals surface area contributed by atoms with Gasteiger partial charge in [0, 0.05) is 25.3 Å². The van der Waals surface area contributed by atoms with Crippen LogP contribution in [0.2, 0.25) is 0 Å². The number of hydrogen-bond donors (Lipinski definition) is 2. The molecule has 1 heterocycles. The highest BCUT2D eigenvalue weighted by Gasteiger charge is 2.41. The van der Waals surface area contributed by atoms with E-state index in [4.69, 9.17) is 10.5 Å². The first-order valence-electron chi connectivity index (χ1n) is 11.1. The van der Waals surface area contributed by atoms with Gasteiger partial charge in [-0.2, -0.15) is 0 Å². The summed E-state index contributed by atoms with van der Waals surface area (Å²) in [6.45, 7) is 15.6. The van der Waals surface area contributed by atoms with E-state index >= 15 is 0 Å². The molecule has 8 nitrogen and oxygen atoms in total. The van der Waals surface area contributed by atoms with Gasteiger partial charge in [-0.15, -0.1) is 0 Å². The van der Waals surface area contributed by atoms with E-state index in [9.17, 15) is 14.4 Å². The molecule has 0 aromatic rings. The van der Waals surface area contributed by atoms with Crippen LogP contribution in [-0.2, 0) is 14.3 Å². The molecular weight excluding hydrogens is 396 g/mol. The molecule has 0 bridgehead atoms. The molecule has 1 aliphatic rings. The maximum atomic E-state index is 13.5. The average Bonchev–Trinajstić information content (AvgIpc) is 3.01. The van der Waals surface area contributed by atoms with Gasteiger partial charge in [0.05, 0.1) is 12.1 Å². The fourth-order valence-electron chi connectivity index (χ4n) is 3.53. The number of nitrogens with zero attached hydrogens (tertiary/aromatic N) is 2. The lowest BCUT2D eigenvalue weighted by Gasteiger charge is -2.38. The van der Waals surface area contributed by atoms with Gasteiger partial charge < -0.3 is 30.4 Å². The van der Waals surface area contributed by atoms with Crippen LogP contribution in [0.1, 0.15) is 68.2 Å². The van der Waals surface area contributed by atoms with Gasteiger partial charge in [-0.3, -0.25) is 4.79 Å². The molecule has 4 atom stereocenters. The highest BCUT2D eigenvalue weighted by molar-refractivity contribution is 5.86. The zero-order chi connectivity index (χ0) is 24.1. The fourth-order valence-corrected chi connectivity index (χ4v) is 3.53. The van der Waals surface area contributed by atoms with Crippen LogP contribution in [0.4, 0.5) is 4.79 Å². The van der Waals surface area contributed by atoms with Gasteiger partial charge in [-0.05, 0) is 46.0 Å². The van der Waals surface area contributed by atoms with E-state index in [1.54, 1.807) is 11.9 Å². The zero-order valence-electron chi connectivity index (χ0n) is 20.7. The maximum absolute atomic E-state index is 13.5. The van der Waals surface area contributed by atoms with Crippen LogP contribution in [0.3, 0.4) is 0 Å². The molecule has 1 aliphatic heterocycles. The first-order valence-corrected chi connectivity index (χ1v) is 11.1. The van der Waals surface area contributed by atoms with E-state index in [2.05, 4.69) is 5.32 Å². The Kier molecular flexibility index (Phi) is 9.11. The number of aldehydes is 1. The second-order valence-corrected chi connectivity index (χ2v) is 10.5. The molecule has 1 saturated heterocycles. The lowest BCUT2D eigenvalue weighted by Crippen LogP contribution is -2.56. The van der Waals surface area contributed by atoms with Crippen LogP contribution in [0.15, 0.2) is 11.8 Å². The molecule has 0 saturated carbocycles. The van der Waals surface area contributed by atoms with Gasteiger partial charge in [0.15, 0.2) is 0 Å². The third-order valence-electron chi connectivity index (χ3n) is 5.38. The summed E-state index contributed by atoms with van der Waals surface area (Å²) in [6.07, 6.45) is 3.54. The van der Waals surface area contributed by atoms with Gasteiger partial charge in [0.25, 0.3) is 0 Å². The molecule has 0 aromatic carbocycles. The van der Waals surface area contributed by atoms with E-state index in [1.807, 2.05) is 61.5 Å². The van der Waals surface area contributed by atoms with Gasteiger partial charge in [0.1, 0.15) is 17.9 Å². The predicted octanol–water partition coefficient (Wildman–Crippen LogP) is 2.67. The number of carbonyl (C=O) groups is 3. The summed E-state index contributed by atoms with van der Waals surface area (Å²) in [5.74, 6) is -0.160. The first-order chi connectivity index (χ1) is 14.1. The smallest absolute Gasteiger partial charge is 0.410 e. The number of rotatable bonds is 7. The van der Waals surface area contributed by atoms with Gasteiger partial charge in [-0.25, -0.2) is 4.79 Å². The van der Waals surface area contributed by atoms with Crippen molar-refractivity contribution < 1.29 is 19.1 Å². The second kappa shape index (κ2) is 10.5. The number of nitrogens with two attached hydrogens (primary N) is 1. The number of carbonyl (C=O) groups excluding carboxylic acids is 3. The van der Waals surface area contributed by atoms with Crippen molar-refractivity contribution in [3.05, 3.63) is 11.8 Å². The Bertz CT molecular complexity index is 678. The molecule has 1 fully saturated rings. The van der Waals surface area contributed by atoms with Gasteiger partial charge >= 0.3 is 6.09 Å². The highest BCUT2D eigenvalue weighted by atomic mass is 16.6. The summed E-state index contributed by atoms with van der Waals surface area (Å²) >= 11 is 0. The van der Waals surface area contributed by atoms with Crippen molar-refractivity contribution in [1.29, 1.82) is 0 Å². The summed E-state index contributed by atoms with van der Waals surface area (Å²) in [7, 11) is 1.68. The minimum absolute atomic E-state index is 0.160. The molecule has 3 N–H and O–H groups in total. The Morgan fingerprint density at radius 1 is 1.26 bits per heavy atom. The molecule has 1 rings (SSSR count). The second-order valence-electron chi connectivity index (χ2n) is 10.5. The van der Waals surface area contributed by atoms with Crippen LogP contribution < -0.4 is 11.1 Å². The van der Waals surface area contributed by atoms with E-state index in [0.717, 1.165) is 18.4 Å². The number of ether oxygens (including phenoxy) is 1.